The van der Waals surface area contributed by atoms with Crippen LogP contribution in [0.4, 0.5) is 0 Å². The number of ether oxygens (including phenoxy) is 2. The number of hydrogen-bond acceptors (Lipinski definition) is 6. The van der Waals surface area contributed by atoms with E-state index in [9.17, 15) is 14.7 Å². The Morgan fingerprint density at radius 3 is 2.42 bits per heavy atom. The van der Waals surface area contributed by atoms with E-state index in [1.54, 1.807) is 67.6 Å². The number of nitrogens with one attached hydrogen (secondary N) is 2. The second kappa shape index (κ2) is 9.69. The molecule has 8 heteroatoms. The zero-order valence-corrected chi connectivity index (χ0v) is 17.7. The van der Waals surface area contributed by atoms with E-state index in [1.165, 1.54) is 18.2 Å². The van der Waals surface area contributed by atoms with Crippen molar-refractivity contribution in [3.8, 4) is 17.2 Å². The van der Waals surface area contributed by atoms with Gasteiger partial charge in [0.1, 0.15) is 11.4 Å². The number of carbonyl (C=O) groups is 2. The highest BCUT2D eigenvalue weighted by molar-refractivity contribution is 6.06. The molecule has 0 saturated carbocycles. The van der Waals surface area contributed by atoms with Gasteiger partial charge < -0.3 is 19.9 Å². The molecule has 33 heavy (non-hydrogen) atoms. The molecule has 0 aromatic heterocycles. The maximum atomic E-state index is 12.9. The Morgan fingerprint density at radius 1 is 0.939 bits per heavy atom. The van der Waals surface area contributed by atoms with Crippen LogP contribution >= 0.6 is 0 Å². The van der Waals surface area contributed by atoms with Crippen molar-refractivity contribution in [3.63, 3.8) is 0 Å². The first kappa shape index (κ1) is 21.6. The van der Waals surface area contributed by atoms with Gasteiger partial charge in [0.05, 0.1) is 5.71 Å². The molecule has 8 nitrogen and oxygen atoms in total. The second-order valence-corrected chi connectivity index (χ2v) is 7.18. The molecule has 0 atom stereocenters. The average molecular weight is 443 g/mol. The molecule has 0 radical (unpaired) electrons. The normalized spacial score (nSPS) is 12.9. The number of benzene rings is 3. The van der Waals surface area contributed by atoms with Gasteiger partial charge in [0, 0.05) is 5.56 Å². The van der Waals surface area contributed by atoms with Crippen LogP contribution in [0.5, 0.6) is 17.2 Å². The summed E-state index contributed by atoms with van der Waals surface area (Å²) in [6.07, 6.45) is 1.53. The fraction of sp³-hybridized carbons (Fsp3) is 0.0800. The van der Waals surface area contributed by atoms with Crippen molar-refractivity contribution in [2.45, 2.75) is 6.92 Å². The quantitative estimate of drug-likeness (QED) is 0.307. The summed E-state index contributed by atoms with van der Waals surface area (Å²) >= 11 is 0. The Morgan fingerprint density at radius 2 is 1.67 bits per heavy atom. The highest BCUT2D eigenvalue weighted by Crippen LogP contribution is 2.33. The van der Waals surface area contributed by atoms with E-state index in [4.69, 9.17) is 9.47 Å². The molecule has 1 aliphatic rings. The lowest BCUT2D eigenvalue weighted by molar-refractivity contribution is -0.117. The van der Waals surface area contributed by atoms with Crippen molar-refractivity contribution < 1.29 is 24.2 Å². The van der Waals surface area contributed by atoms with Crippen LogP contribution in [0.25, 0.3) is 6.08 Å². The molecule has 3 aromatic rings. The topological polar surface area (TPSA) is 109 Å². The SMILES string of the molecule is C/C(=N\NC(=O)C(=Cc1ccc2c(c1)OCO2)NC(=O)c1ccccc1)c1ccc(O)cc1. The summed E-state index contributed by atoms with van der Waals surface area (Å²) in [6, 6.07) is 20.2. The number of phenolic OH excluding ortho intramolecular Hbond substituents is 1. The van der Waals surface area contributed by atoms with Crippen molar-refractivity contribution >= 4 is 23.6 Å². The molecule has 0 fully saturated rings. The van der Waals surface area contributed by atoms with Crippen LogP contribution in [-0.2, 0) is 4.79 Å². The maximum absolute atomic E-state index is 12.9. The molecule has 0 aliphatic carbocycles. The van der Waals surface area contributed by atoms with Gasteiger partial charge in [-0.05, 0) is 72.7 Å². The van der Waals surface area contributed by atoms with E-state index in [0.717, 1.165) is 5.56 Å². The molecule has 0 bridgehead atoms. The molecular formula is C25H21N3O5. The number of phenols is 1. The maximum Gasteiger partial charge on any atom is 0.287 e. The number of rotatable bonds is 6. The molecule has 166 valence electrons. The van der Waals surface area contributed by atoms with Gasteiger partial charge in [-0.2, -0.15) is 5.10 Å². The van der Waals surface area contributed by atoms with Crippen LogP contribution in [0.15, 0.2) is 83.6 Å². The Labute approximate surface area is 190 Å². The van der Waals surface area contributed by atoms with Gasteiger partial charge in [0.2, 0.25) is 6.79 Å². The molecule has 3 aromatic carbocycles. The summed E-state index contributed by atoms with van der Waals surface area (Å²) in [6.45, 7) is 1.85. The number of fused-ring (bicyclic) bond motifs is 1. The predicted octanol–water partition coefficient (Wildman–Crippen LogP) is 3.43. The minimum atomic E-state index is -0.602. The van der Waals surface area contributed by atoms with E-state index in [0.29, 0.717) is 28.3 Å². The summed E-state index contributed by atoms with van der Waals surface area (Å²) < 4.78 is 10.7. The van der Waals surface area contributed by atoms with Crippen molar-refractivity contribution in [1.29, 1.82) is 0 Å². The average Bonchev–Trinajstić information content (AvgIpc) is 3.31. The third kappa shape index (κ3) is 5.37. The monoisotopic (exact) mass is 443 g/mol. The number of amides is 2. The smallest absolute Gasteiger partial charge is 0.287 e. The van der Waals surface area contributed by atoms with Crippen molar-refractivity contribution in [3.05, 3.63) is 95.2 Å². The van der Waals surface area contributed by atoms with Crippen LogP contribution in [-0.4, -0.2) is 29.4 Å². The van der Waals surface area contributed by atoms with Gasteiger partial charge in [-0.25, -0.2) is 5.43 Å². The van der Waals surface area contributed by atoms with E-state index in [2.05, 4.69) is 15.8 Å². The number of nitrogens with zero attached hydrogens (tertiary/aromatic N) is 1. The van der Waals surface area contributed by atoms with Gasteiger partial charge in [0.15, 0.2) is 11.5 Å². The number of hydrazone groups is 1. The second-order valence-electron chi connectivity index (χ2n) is 7.18. The highest BCUT2D eigenvalue weighted by atomic mass is 16.7. The lowest BCUT2D eigenvalue weighted by Crippen LogP contribution is -2.33. The van der Waals surface area contributed by atoms with Gasteiger partial charge in [-0.1, -0.05) is 24.3 Å². The predicted molar refractivity (Wildman–Crippen MR) is 123 cm³/mol. The fourth-order valence-corrected chi connectivity index (χ4v) is 3.07. The Bertz CT molecular complexity index is 1230. The van der Waals surface area contributed by atoms with E-state index in [1.807, 2.05) is 0 Å². The molecule has 4 rings (SSSR count). The molecule has 0 spiro atoms. The first-order chi connectivity index (χ1) is 16.0. The first-order valence-electron chi connectivity index (χ1n) is 10.1. The number of hydrogen-bond donors (Lipinski definition) is 3. The largest absolute Gasteiger partial charge is 0.508 e. The summed E-state index contributed by atoms with van der Waals surface area (Å²) in [5.74, 6) is 0.264. The molecule has 3 N–H and O–H groups in total. The molecule has 0 unspecified atom stereocenters. The van der Waals surface area contributed by atoms with Crippen molar-refractivity contribution in [1.82, 2.24) is 10.7 Å². The van der Waals surface area contributed by atoms with Crippen molar-refractivity contribution in [2.75, 3.05) is 6.79 Å². The summed E-state index contributed by atoms with van der Waals surface area (Å²) in [5.41, 5.74) is 4.77. The van der Waals surface area contributed by atoms with Crippen LogP contribution in [0.1, 0.15) is 28.4 Å². The zero-order valence-electron chi connectivity index (χ0n) is 17.7. The third-order valence-corrected chi connectivity index (χ3v) is 4.85. The molecular weight excluding hydrogens is 422 g/mol. The van der Waals surface area contributed by atoms with Gasteiger partial charge in [-0.15, -0.1) is 0 Å². The van der Waals surface area contributed by atoms with Crippen molar-refractivity contribution in [2.24, 2.45) is 5.10 Å². The zero-order chi connectivity index (χ0) is 23.2. The van der Waals surface area contributed by atoms with Gasteiger partial charge in [-0.3, -0.25) is 9.59 Å². The summed E-state index contributed by atoms with van der Waals surface area (Å²) in [7, 11) is 0. The lowest BCUT2D eigenvalue weighted by Gasteiger charge is -2.10. The number of aromatic hydroxyl groups is 1. The molecule has 1 heterocycles. The Balaban J connectivity index is 1.58. The Kier molecular flexibility index (Phi) is 6.36. The highest BCUT2D eigenvalue weighted by Gasteiger charge is 2.17. The van der Waals surface area contributed by atoms with Crippen LogP contribution < -0.4 is 20.2 Å². The number of carbonyl (C=O) groups excluding carboxylic acids is 2. The minimum absolute atomic E-state index is 0.00461. The van der Waals surface area contributed by atoms with Crippen LogP contribution in [0, 0.1) is 0 Å². The van der Waals surface area contributed by atoms with E-state index in [-0.39, 0.29) is 18.2 Å². The first-order valence-corrected chi connectivity index (χ1v) is 10.1. The summed E-state index contributed by atoms with van der Waals surface area (Å²) in [5, 5.41) is 16.2. The molecule has 2 amide bonds. The van der Waals surface area contributed by atoms with Gasteiger partial charge >= 0.3 is 0 Å². The van der Waals surface area contributed by atoms with Crippen LogP contribution in [0.3, 0.4) is 0 Å². The van der Waals surface area contributed by atoms with E-state index < -0.39 is 11.8 Å². The molecule has 1 aliphatic heterocycles. The fourth-order valence-electron chi connectivity index (χ4n) is 3.07. The lowest BCUT2D eigenvalue weighted by atomic mass is 10.1. The molecule has 0 saturated heterocycles. The standard InChI is InChI=1S/C25H21N3O5/c1-16(18-8-10-20(29)11-9-18)27-28-25(31)21(26-24(30)19-5-3-2-4-6-19)13-17-7-12-22-23(14-17)33-15-32-22/h2-14,29H,15H2,1H3,(H,26,30)(H,28,31)/b21-13?,27-16+. The minimum Gasteiger partial charge on any atom is -0.508 e. The third-order valence-electron chi connectivity index (χ3n) is 4.85. The summed E-state index contributed by atoms with van der Waals surface area (Å²) in [4.78, 5) is 25.6. The van der Waals surface area contributed by atoms with Gasteiger partial charge in [0.25, 0.3) is 11.8 Å². The Hall–Kier alpha value is -4.59. The van der Waals surface area contributed by atoms with E-state index >= 15 is 0 Å². The van der Waals surface area contributed by atoms with Crippen LogP contribution in [0.2, 0.25) is 0 Å².